The smallest absolute Gasteiger partial charge is 0.414 e. The lowest BCUT2D eigenvalue weighted by atomic mass is 10.2. The number of hydrogen-bond donors (Lipinski definition) is 1. The molecule has 0 aliphatic carbocycles. The van der Waals surface area contributed by atoms with Gasteiger partial charge < -0.3 is 25.1 Å². The number of rotatable bonds is 8. The van der Waals surface area contributed by atoms with Crippen molar-refractivity contribution >= 4 is 34.9 Å². The first-order valence-electron chi connectivity index (χ1n) is 11.8. The van der Waals surface area contributed by atoms with Crippen LogP contribution in [0.3, 0.4) is 0 Å². The van der Waals surface area contributed by atoms with Gasteiger partial charge in [-0.1, -0.05) is 0 Å². The fourth-order valence-corrected chi connectivity index (χ4v) is 4.35. The van der Waals surface area contributed by atoms with Gasteiger partial charge in [0.25, 0.3) is 0 Å². The van der Waals surface area contributed by atoms with Gasteiger partial charge in [-0.3, -0.25) is 14.7 Å². The van der Waals surface area contributed by atoms with E-state index >= 15 is 4.39 Å². The third-order valence-electron chi connectivity index (χ3n) is 6.21. The van der Waals surface area contributed by atoms with E-state index < -0.39 is 22.9 Å². The van der Waals surface area contributed by atoms with Gasteiger partial charge in [0.2, 0.25) is 5.91 Å². The quantitative estimate of drug-likeness (QED) is 0.319. The van der Waals surface area contributed by atoms with Crippen LogP contribution in [0.4, 0.5) is 26.4 Å². The Bertz CT molecular complexity index is 1220. The number of anilines is 2. The summed E-state index contributed by atoms with van der Waals surface area (Å²) in [5, 5.41) is 20.3. The molecule has 0 bridgehead atoms. The molecule has 0 radical (unpaired) electrons. The summed E-state index contributed by atoms with van der Waals surface area (Å²) in [5.41, 5.74) is 1.51. The van der Waals surface area contributed by atoms with E-state index in [0.29, 0.717) is 49.1 Å². The third-order valence-corrected chi connectivity index (χ3v) is 6.21. The van der Waals surface area contributed by atoms with E-state index in [1.165, 1.54) is 28.7 Å². The number of amides is 2. The third kappa shape index (κ3) is 5.95. The second kappa shape index (κ2) is 10.8. The van der Waals surface area contributed by atoms with E-state index in [9.17, 15) is 19.7 Å². The number of carbonyl (C=O) groups is 2. The molecule has 37 heavy (non-hydrogen) atoms. The number of hydrazone groups is 1. The van der Waals surface area contributed by atoms with E-state index in [4.69, 9.17) is 4.74 Å². The molecule has 2 fully saturated rings. The topological polar surface area (TPSA) is 138 Å². The Morgan fingerprint density at radius 1 is 1.30 bits per heavy atom. The van der Waals surface area contributed by atoms with Gasteiger partial charge in [-0.25, -0.2) is 18.7 Å². The molecular formula is C23H29FN8O5. The average molecular weight is 517 g/mol. The molecule has 14 heteroatoms. The molecule has 3 heterocycles. The highest BCUT2D eigenvalue weighted by atomic mass is 19.1. The number of aryl methyl sites for hydroxylation is 1. The Kier molecular flexibility index (Phi) is 7.55. The Balaban J connectivity index is 1.34. The first-order valence-corrected chi connectivity index (χ1v) is 11.8. The first-order chi connectivity index (χ1) is 17.6. The zero-order valence-corrected chi connectivity index (χ0v) is 20.9. The fourth-order valence-electron chi connectivity index (χ4n) is 4.35. The number of cyclic esters (lactones) is 1. The lowest BCUT2D eigenvalue weighted by Gasteiger charge is -2.35. The number of aromatic nitrogens is 2. The Labute approximate surface area is 212 Å². The van der Waals surface area contributed by atoms with Crippen LogP contribution in [-0.2, 0) is 16.1 Å². The molecule has 13 nitrogen and oxygen atoms in total. The van der Waals surface area contributed by atoms with Gasteiger partial charge in [0, 0.05) is 26.9 Å². The Morgan fingerprint density at radius 3 is 2.68 bits per heavy atom. The van der Waals surface area contributed by atoms with Crippen molar-refractivity contribution in [3.05, 3.63) is 46.2 Å². The van der Waals surface area contributed by atoms with Gasteiger partial charge in [-0.05, 0) is 30.0 Å². The molecule has 198 valence electrons. The zero-order valence-electron chi connectivity index (χ0n) is 20.9. The highest BCUT2D eigenvalue weighted by Crippen LogP contribution is 2.28. The number of nitrogens with one attached hydrogen (secondary N) is 1. The predicted molar refractivity (Wildman–Crippen MR) is 133 cm³/mol. The van der Waals surface area contributed by atoms with Crippen LogP contribution in [0.25, 0.3) is 0 Å². The summed E-state index contributed by atoms with van der Waals surface area (Å²) in [6.45, 7) is 7.71. The minimum atomic E-state index is -0.583. The number of nitrogens with zero attached hydrogens (tertiary/aromatic N) is 7. The summed E-state index contributed by atoms with van der Waals surface area (Å²) < 4.78 is 21.8. The number of nitro groups is 1. The Morgan fingerprint density at radius 2 is 2.03 bits per heavy atom. The van der Waals surface area contributed by atoms with Crippen LogP contribution < -0.4 is 15.1 Å². The SMILES string of the molecule is CC(=O)NC[C@H]1CN(c2ccc(N3CCN(/N=C(\C)Cn4c([N+](=O)[O-])cnc4C)CC3)c(F)c2)C(=O)O1. The van der Waals surface area contributed by atoms with Gasteiger partial charge in [0.1, 0.15) is 24.7 Å². The molecule has 0 spiro atoms. The summed E-state index contributed by atoms with van der Waals surface area (Å²) in [7, 11) is 0. The summed E-state index contributed by atoms with van der Waals surface area (Å²) in [4.78, 5) is 41.3. The van der Waals surface area contributed by atoms with Crippen LogP contribution in [0.5, 0.6) is 0 Å². The number of ether oxygens (including phenoxy) is 1. The zero-order chi connectivity index (χ0) is 26.7. The van der Waals surface area contributed by atoms with E-state index in [2.05, 4.69) is 15.4 Å². The summed E-state index contributed by atoms with van der Waals surface area (Å²) in [5.74, 6) is -0.216. The van der Waals surface area contributed by atoms with Crippen molar-refractivity contribution in [3.8, 4) is 0 Å². The summed E-state index contributed by atoms with van der Waals surface area (Å²) >= 11 is 0. The van der Waals surface area contributed by atoms with E-state index in [1.54, 1.807) is 26.0 Å². The maximum absolute atomic E-state index is 15.0. The van der Waals surface area contributed by atoms with Crippen LogP contribution in [0.15, 0.2) is 29.5 Å². The van der Waals surface area contributed by atoms with E-state index in [0.717, 1.165) is 0 Å². The highest BCUT2D eigenvalue weighted by molar-refractivity contribution is 5.90. The van der Waals surface area contributed by atoms with Crippen molar-refractivity contribution in [1.29, 1.82) is 0 Å². The van der Waals surface area contributed by atoms with Crippen molar-refractivity contribution in [1.82, 2.24) is 19.9 Å². The van der Waals surface area contributed by atoms with Crippen molar-refractivity contribution < 1.29 is 23.6 Å². The van der Waals surface area contributed by atoms with E-state index in [-0.39, 0.29) is 31.4 Å². The number of benzene rings is 1. The predicted octanol–water partition coefficient (Wildman–Crippen LogP) is 1.90. The van der Waals surface area contributed by atoms with Crippen LogP contribution in [-0.4, -0.2) is 82.6 Å². The molecule has 2 aliphatic heterocycles. The van der Waals surface area contributed by atoms with Gasteiger partial charge >= 0.3 is 11.9 Å². The summed E-state index contributed by atoms with van der Waals surface area (Å²) in [6.07, 6.45) is 0.151. The van der Waals surface area contributed by atoms with Gasteiger partial charge in [0.05, 0.1) is 43.3 Å². The minimum absolute atomic E-state index is 0.0822. The number of piperazine rings is 1. The van der Waals surface area contributed by atoms with Crippen molar-refractivity contribution in [2.45, 2.75) is 33.4 Å². The van der Waals surface area contributed by atoms with Crippen LogP contribution in [0, 0.1) is 22.9 Å². The molecule has 2 aliphatic rings. The average Bonchev–Trinajstić information content (AvgIpc) is 3.40. The number of halogens is 1. The molecule has 2 amide bonds. The van der Waals surface area contributed by atoms with Gasteiger partial charge in [-0.15, -0.1) is 0 Å². The molecule has 0 saturated carbocycles. The Hall–Kier alpha value is -4.23. The van der Waals surface area contributed by atoms with Crippen molar-refractivity contribution in [2.24, 2.45) is 5.10 Å². The molecule has 4 rings (SSSR count). The largest absolute Gasteiger partial charge is 0.442 e. The van der Waals surface area contributed by atoms with Gasteiger partial charge in [-0.2, -0.15) is 5.10 Å². The second-order valence-corrected chi connectivity index (χ2v) is 8.97. The van der Waals surface area contributed by atoms with Gasteiger partial charge in [0.15, 0.2) is 5.82 Å². The lowest BCUT2D eigenvalue weighted by Crippen LogP contribution is -2.44. The summed E-state index contributed by atoms with van der Waals surface area (Å²) in [6, 6.07) is 4.63. The van der Waals surface area contributed by atoms with Crippen molar-refractivity contribution in [2.75, 3.05) is 49.1 Å². The lowest BCUT2D eigenvalue weighted by molar-refractivity contribution is -0.392. The first kappa shape index (κ1) is 25.9. The molecule has 1 atom stereocenters. The van der Waals surface area contributed by atoms with Crippen molar-refractivity contribution in [3.63, 3.8) is 0 Å². The molecule has 1 aromatic carbocycles. The van der Waals surface area contributed by atoms with Crippen LogP contribution in [0.2, 0.25) is 0 Å². The molecule has 1 N–H and O–H groups in total. The molecule has 1 aromatic heterocycles. The monoisotopic (exact) mass is 516 g/mol. The normalized spacial score (nSPS) is 18.3. The van der Waals surface area contributed by atoms with E-state index in [1.807, 2.05) is 9.91 Å². The van der Waals surface area contributed by atoms with Crippen LogP contribution in [0.1, 0.15) is 19.7 Å². The maximum atomic E-state index is 15.0. The standard InChI is InChI=1S/C23H29FN8O5/c1-15(13-30-16(2)25-12-22(30)32(35)36)27-29-8-6-28(7-9-29)21-5-4-18(10-20(21)24)31-14-19(37-23(31)34)11-26-17(3)33/h4-5,10,12,19H,6-9,11,13-14H2,1-3H3,(H,26,33)/b27-15+/t19-/m0/s1. The highest BCUT2D eigenvalue weighted by Gasteiger charge is 2.33. The van der Waals surface area contributed by atoms with Crippen LogP contribution >= 0.6 is 0 Å². The maximum Gasteiger partial charge on any atom is 0.414 e. The number of imidazole rings is 1. The molecule has 2 saturated heterocycles. The fraction of sp³-hybridized carbons (Fsp3) is 0.478. The molecule has 2 aromatic rings. The number of carbonyl (C=O) groups excluding carboxylic acids is 2. The molecule has 0 unspecified atom stereocenters. The second-order valence-electron chi connectivity index (χ2n) is 8.97. The minimum Gasteiger partial charge on any atom is -0.442 e. The number of hydrogen-bond acceptors (Lipinski definition) is 9. The molecular weight excluding hydrogens is 487 g/mol.